The summed E-state index contributed by atoms with van der Waals surface area (Å²) in [6, 6.07) is 4.73. The molecule has 2 aromatic rings. The van der Waals surface area contributed by atoms with Crippen LogP contribution in [0.2, 0.25) is 0 Å². The monoisotopic (exact) mass is 552 g/mol. The van der Waals surface area contributed by atoms with Gasteiger partial charge in [0.15, 0.2) is 6.10 Å². The van der Waals surface area contributed by atoms with E-state index in [1.807, 2.05) is 6.92 Å². The minimum absolute atomic E-state index is 0.0827. The van der Waals surface area contributed by atoms with Crippen molar-refractivity contribution in [1.82, 2.24) is 19.8 Å². The molecule has 0 bridgehead atoms. The number of likely N-dealkylation sites (tertiary alicyclic amines) is 1. The number of piperazine rings is 1. The van der Waals surface area contributed by atoms with Gasteiger partial charge in [0.25, 0.3) is 5.91 Å². The summed E-state index contributed by atoms with van der Waals surface area (Å²) in [5.74, 6) is 0.419. The highest BCUT2D eigenvalue weighted by Gasteiger charge is 2.35. The number of carbonyl (C=O) groups excluding carboxylic acids is 2. The number of fused-ring (bicyclic) bond motifs is 1. The molecule has 0 radical (unpaired) electrons. The summed E-state index contributed by atoms with van der Waals surface area (Å²) in [4.78, 5) is 42.7. The Labute approximate surface area is 234 Å². The van der Waals surface area contributed by atoms with Gasteiger partial charge in [-0.25, -0.2) is 4.39 Å². The molecule has 2 atom stereocenters. The molecule has 3 aliphatic heterocycles. The fourth-order valence-electron chi connectivity index (χ4n) is 5.68. The van der Waals surface area contributed by atoms with E-state index in [1.54, 1.807) is 18.0 Å². The summed E-state index contributed by atoms with van der Waals surface area (Å²) in [6.45, 7) is 9.46. The Hall–Kier alpha value is -3.73. The Bertz CT molecular complexity index is 1280. The zero-order valence-corrected chi connectivity index (χ0v) is 23.4. The van der Waals surface area contributed by atoms with E-state index in [4.69, 9.17) is 19.4 Å². The zero-order valence-electron chi connectivity index (χ0n) is 23.4. The molecule has 0 unspecified atom stereocenters. The number of nitrogens with zero attached hydrogens (tertiary/aromatic N) is 6. The highest BCUT2D eigenvalue weighted by molar-refractivity contribution is 5.99. The van der Waals surface area contributed by atoms with Crippen LogP contribution in [0.1, 0.15) is 31.0 Å². The van der Waals surface area contributed by atoms with E-state index >= 15 is 0 Å². The Morgan fingerprint density at radius 3 is 2.65 bits per heavy atom. The van der Waals surface area contributed by atoms with Gasteiger partial charge in [-0.2, -0.15) is 9.97 Å². The van der Waals surface area contributed by atoms with Crippen molar-refractivity contribution < 1.29 is 23.5 Å². The van der Waals surface area contributed by atoms with Gasteiger partial charge < -0.3 is 29.1 Å². The SMILES string of the molecule is C=CC(=O)N1CCN(c2nc(OC[C@@H]3CCCN3C)nc(C[C@H]3Oc4ccc(F)cc4N(C)C3=O)c2CC)CC1. The first-order valence-corrected chi connectivity index (χ1v) is 13.9. The number of hydrogen-bond acceptors (Lipinski definition) is 8. The van der Waals surface area contributed by atoms with Crippen LogP contribution < -0.4 is 19.3 Å². The van der Waals surface area contributed by atoms with Crippen molar-refractivity contribution in [1.29, 1.82) is 0 Å². The normalized spacial score (nSPS) is 21.3. The first kappa shape index (κ1) is 27.8. The number of hydrogen-bond donors (Lipinski definition) is 0. The van der Waals surface area contributed by atoms with Gasteiger partial charge in [0.1, 0.15) is 24.0 Å². The van der Waals surface area contributed by atoms with Crippen LogP contribution >= 0.6 is 0 Å². The third kappa shape index (κ3) is 5.60. The Kier molecular flexibility index (Phi) is 8.20. The first-order chi connectivity index (χ1) is 19.3. The molecule has 1 aromatic carbocycles. The average Bonchev–Trinajstić information content (AvgIpc) is 3.38. The van der Waals surface area contributed by atoms with Gasteiger partial charge in [-0.3, -0.25) is 9.59 Å². The van der Waals surface area contributed by atoms with E-state index in [-0.39, 0.29) is 24.2 Å². The third-order valence-electron chi connectivity index (χ3n) is 8.08. The molecule has 40 heavy (non-hydrogen) atoms. The fourth-order valence-corrected chi connectivity index (χ4v) is 5.68. The van der Waals surface area contributed by atoms with E-state index in [2.05, 4.69) is 23.4 Å². The second-order valence-electron chi connectivity index (χ2n) is 10.5. The molecule has 11 heteroatoms. The predicted molar refractivity (Wildman–Crippen MR) is 149 cm³/mol. The van der Waals surface area contributed by atoms with Crippen LogP contribution in [0, 0.1) is 5.82 Å². The second-order valence-corrected chi connectivity index (χ2v) is 10.5. The number of anilines is 2. The van der Waals surface area contributed by atoms with Crippen LogP contribution in [0.15, 0.2) is 30.9 Å². The highest BCUT2D eigenvalue weighted by atomic mass is 19.1. The van der Waals surface area contributed by atoms with E-state index in [0.29, 0.717) is 62.4 Å². The summed E-state index contributed by atoms with van der Waals surface area (Å²) < 4.78 is 26.1. The minimum atomic E-state index is -0.827. The molecule has 0 aliphatic carbocycles. The molecule has 214 valence electrons. The molecule has 0 saturated carbocycles. The predicted octanol–water partition coefficient (Wildman–Crippen LogP) is 2.45. The van der Waals surface area contributed by atoms with Gasteiger partial charge in [0.05, 0.1) is 11.4 Å². The van der Waals surface area contributed by atoms with Crippen LogP contribution in [-0.4, -0.2) is 97.2 Å². The number of carbonyl (C=O) groups is 2. The molecule has 5 rings (SSSR count). The number of amides is 2. The van der Waals surface area contributed by atoms with Crippen molar-refractivity contribution in [2.24, 2.45) is 0 Å². The summed E-state index contributed by atoms with van der Waals surface area (Å²) in [6.07, 6.45) is 3.55. The van der Waals surface area contributed by atoms with Crippen molar-refractivity contribution in [3.63, 3.8) is 0 Å². The second kappa shape index (κ2) is 11.8. The minimum Gasteiger partial charge on any atom is -0.478 e. The molecular formula is C29H37FN6O4. The Balaban J connectivity index is 1.44. The number of benzene rings is 1. The molecule has 0 spiro atoms. The zero-order chi connectivity index (χ0) is 28.4. The highest BCUT2D eigenvalue weighted by Crippen LogP contribution is 2.35. The van der Waals surface area contributed by atoms with Crippen LogP contribution in [0.4, 0.5) is 15.9 Å². The standard InChI is InChI=1S/C29H37FN6O4/c1-5-21-22(17-25-28(38)34(4)23-16-19(30)9-10-24(23)40-25)31-29(39-18-20-8-7-11-33(20)3)32-27(21)36-14-12-35(13-15-36)26(37)6-2/h6,9-10,16,20,25H,2,5,7-8,11-15,17-18H2,1,3-4H3/t20-,25+/m0/s1. The van der Waals surface area contributed by atoms with Crippen LogP contribution in [0.25, 0.3) is 0 Å². The summed E-state index contributed by atoms with van der Waals surface area (Å²) in [5, 5.41) is 0. The molecule has 1 aromatic heterocycles. The molecule has 2 fully saturated rings. The molecule has 2 saturated heterocycles. The van der Waals surface area contributed by atoms with Crippen LogP contribution in [0.5, 0.6) is 11.8 Å². The molecule has 4 heterocycles. The lowest BCUT2D eigenvalue weighted by Gasteiger charge is -2.36. The van der Waals surface area contributed by atoms with Gasteiger partial charge in [-0.05, 0) is 51.1 Å². The van der Waals surface area contributed by atoms with Crippen LogP contribution in [0.3, 0.4) is 0 Å². The van der Waals surface area contributed by atoms with Gasteiger partial charge >= 0.3 is 6.01 Å². The van der Waals surface area contributed by atoms with Gasteiger partial charge in [-0.1, -0.05) is 13.5 Å². The number of ether oxygens (including phenoxy) is 2. The fraction of sp³-hybridized carbons (Fsp3) is 0.517. The number of likely N-dealkylation sites (N-methyl/N-ethyl adjacent to an activating group) is 2. The van der Waals surface area contributed by atoms with Crippen molar-refractivity contribution in [3.8, 4) is 11.8 Å². The van der Waals surface area contributed by atoms with Gasteiger partial charge in [0, 0.05) is 57.3 Å². The van der Waals surface area contributed by atoms with Crippen molar-refractivity contribution in [2.45, 2.75) is 44.8 Å². The van der Waals surface area contributed by atoms with Gasteiger partial charge in [0.2, 0.25) is 5.91 Å². The van der Waals surface area contributed by atoms with E-state index in [9.17, 15) is 14.0 Å². The Morgan fingerprint density at radius 1 is 1.20 bits per heavy atom. The maximum Gasteiger partial charge on any atom is 0.318 e. The summed E-state index contributed by atoms with van der Waals surface area (Å²) >= 11 is 0. The summed E-state index contributed by atoms with van der Waals surface area (Å²) in [5.41, 5.74) is 2.00. The smallest absolute Gasteiger partial charge is 0.318 e. The van der Waals surface area contributed by atoms with E-state index < -0.39 is 11.9 Å². The molecule has 0 N–H and O–H groups in total. The maximum absolute atomic E-state index is 13.8. The topological polar surface area (TPSA) is 91.3 Å². The van der Waals surface area contributed by atoms with Crippen molar-refractivity contribution in [3.05, 3.63) is 47.9 Å². The molecule has 3 aliphatic rings. The number of halogens is 1. The lowest BCUT2D eigenvalue weighted by atomic mass is 10.0. The average molecular weight is 553 g/mol. The largest absolute Gasteiger partial charge is 0.478 e. The number of rotatable bonds is 8. The quantitative estimate of drug-likeness (QED) is 0.462. The van der Waals surface area contributed by atoms with Crippen molar-refractivity contribution in [2.75, 3.05) is 63.2 Å². The lowest BCUT2D eigenvalue weighted by Crippen LogP contribution is -2.49. The van der Waals surface area contributed by atoms with Crippen LogP contribution in [-0.2, 0) is 22.4 Å². The van der Waals surface area contributed by atoms with E-state index in [0.717, 1.165) is 30.8 Å². The Morgan fingerprint density at radius 2 is 1.98 bits per heavy atom. The molecule has 10 nitrogen and oxygen atoms in total. The third-order valence-corrected chi connectivity index (χ3v) is 8.08. The van der Waals surface area contributed by atoms with E-state index in [1.165, 1.54) is 23.1 Å². The lowest BCUT2D eigenvalue weighted by molar-refractivity contribution is -0.126. The maximum atomic E-state index is 13.8. The van der Waals surface area contributed by atoms with Gasteiger partial charge in [-0.15, -0.1) is 0 Å². The molecule has 2 amide bonds. The number of aromatic nitrogens is 2. The molecular weight excluding hydrogens is 515 g/mol. The van der Waals surface area contributed by atoms with Crippen molar-refractivity contribution >= 4 is 23.3 Å². The first-order valence-electron chi connectivity index (χ1n) is 13.9. The summed E-state index contributed by atoms with van der Waals surface area (Å²) in [7, 11) is 3.72.